The molecule has 2 aromatic rings. The van der Waals surface area contributed by atoms with Crippen LogP contribution in [0.4, 0.5) is 5.69 Å². The van der Waals surface area contributed by atoms with Gasteiger partial charge in [-0.25, -0.2) is 0 Å². The van der Waals surface area contributed by atoms with Gasteiger partial charge in [0, 0.05) is 0 Å². The van der Waals surface area contributed by atoms with E-state index in [1.807, 2.05) is 25.1 Å². The second-order valence-corrected chi connectivity index (χ2v) is 4.23. The van der Waals surface area contributed by atoms with Crippen LogP contribution in [-0.4, -0.2) is 0 Å². The van der Waals surface area contributed by atoms with Crippen molar-refractivity contribution in [3.05, 3.63) is 52.5 Å². The molecule has 4 heteroatoms. The number of ether oxygens (including phenoxy) is 1. The van der Waals surface area contributed by atoms with Crippen LogP contribution in [0.5, 0.6) is 11.5 Å². The topological polar surface area (TPSA) is 59.0 Å². The molecular weight excluding hydrogens is 248 g/mol. The van der Waals surface area contributed by atoms with Crippen LogP contribution in [0.2, 0.25) is 5.02 Å². The Kier molecular flexibility index (Phi) is 3.40. The molecule has 2 aromatic carbocycles. The van der Waals surface area contributed by atoms with Gasteiger partial charge in [0.2, 0.25) is 0 Å². The first-order chi connectivity index (χ1) is 8.63. The van der Waals surface area contributed by atoms with Crippen molar-refractivity contribution in [1.82, 2.24) is 0 Å². The van der Waals surface area contributed by atoms with E-state index >= 15 is 0 Å². The Hall–Kier alpha value is -2.18. The minimum Gasteiger partial charge on any atom is -0.453 e. The van der Waals surface area contributed by atoms with E-state index in [4.69, 9.17) is 27.3 Å². The molecule has 0 aromatic heterocycles. The number of rotatable bonds is 2. The summed E-state index contributed by atoms with van der Waals surface area (Å²) in [5, 5.41) is 9.43. The number of benzene rings is 2. The highest BCUT2D eigenvalue weighted by atomic mass is 35.5. The van der Waals surface area contributed by atoms with E-state index in [9.17, 15) is 0 Å². The summed E-state index contributed by atoms with van der Waals surface area (Å²) in [7, 11) is 0. The van der Waals surface area contributed by atoms with Crippen molar-refractivity contribution in [3.8, 4) is 17.6 Å². The average Bonchev–Trinajstić information content (AvgIpc) is 2.34. The smallest absolute Gasteiger partial charge is 0.153 e. The van der Waals surface area contributed by atoms with Gasteiger partial charge in [-0.3, -0.25) is 0 Å². The first-order valence-electron chi connectivity index (χ1n) is 5.35. The number of nitrogen functional groups attached to an aromatic ring is 1. The lowest BCUT2D eigenvalue weighted by atomic mass is 10.2. The summed E-state index contributed by atoms with van der Waals surface area (Å²) < 4.78 is 5.71. The van der Waals surface area contributed by atoms with Gasteiger partial charge in [-0.2, -0.15) is 5.26 Å². The Bertz CT molecular complexity index is 612. The first-order valence-corrected chi connectivity index (χ1v) is 5.73. The van der Waals surface area contributed by atoms with E-state index in [1.165, 1.54) is 0 Å². The molecule has 0 aliphatic rings. The van der Waals surface area contributed by atoms with E-state index < -0.39 is 0 Å². The minimum atomic E-state index is 0.307. The number of hydrogen-bond acceptors (Lipinski definition) is 3. The predicted molar refractivity (Wildman–Crippen MR) is 71.8 cm³/mol. The van der Waals surface area contributed by atoms with Crippen molar-refractivity contribution in [2.45, 2.75) is 6.92 Å². The fourth-order valence-corrected chi connectivity index (χ4v) is 1.83. The number of hydrogen-bond donors (Lipinski definition) is 1. The standard InChI is InChI=1S/C14H11ClN2O/c1-9-4-2-6-12(17)14(9)18-13-7-3-5-11(15)10(13)8-16/h2-7H,17H2,1H3. The van der Waals surface area contributed by atoms with Gasteiger partial charge in [0.1, 0.15) is 17.4 Å². The Morgan fingerprint density at radius 1 is 1.22 bits per heavy atom. The maximum Gasteiger partial charge on any atom is 0.153 e. The molecule has 3 nitrogen and oxygen atoms in total. The van der Waals surface area contributed by atoms with Crippen LogP contribution in [0.25, 0.3) is 0 Å². The molecule has 0 aliphatic carbocycles. The van der Waals surface area contributed by atoms with Crippen molar-refractivity contribution in [3.63, 3.8) is 0 Å². The molecule has 2 rings (SSSR count). The number of aryl methyl sites for hydroxylation is 1. The quantitative estimate of drug-likeness (QED) is 0.831. The molecule has 0 spiro atoms. The van der Waals surface area contributed by atoms with Gasteiger partial charge in [-0.05, 0) is 30.7 Å². The van der Waals surface area contributed by atoms with Gasteiger partial charge in [0.05, 0.1) is 10.7 Å². The van der Waals surface area contributed by atoms with E-state index in [-0.39, 0.29) is 0 Å². The molecule has 2 N–H and O–H groups in total. The molecule has 0 heterocycles. The summed E-state index contributed by atoms with van der Waals surface area (Å²) >= 11 is 5.94. The van der Waals surface area contributed by atoms with Crippen LogP contribution in [0.1, 0.15) is 11.1 Å². The SMILES string of the molecule is Cc1cccc(N)c1Oc1cccc(Cl)c1C#N. The van der Waals surface area contributed by atoms with Crippen LogP contribution >= 0.6 is 11.6 Å². The predicted octanol–water partition coefficient (Wildman–Crippen LogP) is 3.89. The van der Waals surface area contributed by atoms with Crippen molar-refractivity contribution >= 4 is 17.3 Å². The lowest BCUT2D eigenvalue weighted by Gasteiger charge is -2.12. The molecule has 18 heavy (non-hydrogen) atoms. The number of nitrogens with zero attached hydrogens (tertiary/aromatic N) is 1. The Labute approximate surface area is 110 Å². The summed E-state index contributed by atoms with van der Waals surface area (Å²) in [5.41, 5.74) is 7.59. The lowest BCUT2D eigenvalue weighted by molar-refractivity contribution is 0.480. The summed E-state index contributed by atoms with van der Waals surface area (Å²) in [6.07, 6.45) is 0. The third-order valence-electron chi connectivity index (χ3n) is 2.54. The molecule has 0 radical (unpaired) electrons. The number of nitriles is 1. The molecular formula is C14H11ClN2O. The van der Waals surface area contributed by atoms with Crippen molar-refractivity contribution in [2.24, 2.45) is 0 Å². The van der Waals surface area contributed by atoms with Crippen LogP contribution in [0, 0.1) is 18.3 Å². The van der Waals surface area contributed by atoms with Gasteiger partial charge in [-0.15, -0.1) is 0 Å². The molecule has 0 atom stereocenters. The maximum absolute atomic E-state index is 9.07. The Morgan fingerprint density at radius 3 is 2.61 bits per heavy atom. The Balaban J connectivity index is 2.48. The minimum absolute atomic E-state index is 0.307. The second-order valence-electron chi connectivity index (χ2n) is 3.82. The number of anilines is 1. The molecule has 0 amide bonds. The highest BCUT2D eigenvalue weighted by molar-refractivity contribution is 6.31. The fourth-order valence-electron chi connectivity index (χ4n) is 1.62. The van der Waals surface area contributed by atoms with Crippen LogP contribution in [0.15, 0.2) is 36.4 Å². The average molecular weight is 259 g/mol. The number of halogens is 1. The second kappa shape index (κ2) is 4.99. The zero-order valence-electron chi connectivity index (χ0n) is 9.77. The first kappa shape index (κ1) is 12.3. The van der Waals surface area contributed by atoms with Gasteiger partial charge in [0.15, 0.2) is 5.75 Å². The highest BCUT2D eigenvalue weighted by Crippen LogP contribution is 2.34. The van der Waals surface area contributed by atoms with E-state index in [1.54, 1.807) is 24.3 Å². The lowest BCUT2D eigenvalue weighted by Crippen LogP contribution is -1.96. The van der Waals surface area contributed by atoms with Gasteiger partial charge in [-0.1, -0.05) is 29.8 Å². The molecule has 90 valence electrons. The number of nitrogens with two attached hydrogens (primary N) is 1. The fraction of sp³-hybridized carbons (Fsp3) is 0.0714. The molecule has 0 aliphatic heterocycles. The van der Waals surface area contributed by atoms with Crippen molar-refractivity contribution in [1.29, 1.82) is 5.26 Å². The van der Waals surface area contributed by atoms with Crippen molar-refractivity contribution in [2.75, 3.05) is 5.73 Å². The third-order valence-corrected chi connectivity index (χ3v) is 2.86. The number of para-hydroxylation sites is 1. The molecule has 0 saturated carbocycles. The molecule has 0 bridgehead atoms. The summed E-state index contributed by atoms with van der Waals surface area (Å²) in [6, 6.07) is 12.6. The van der Waals surface area contributed by atoms with Gasteiger partial charge in [0.25, 0.3) is 0 Å². The van der Waals surface area contributed by atoms with E-state index in [2.05, 4.69) is 0 Å². The monoisotopic (exact) mass is 258 g/mol. The van der Waals surface area contributed by atoms with Gasteiger partial charge >= 0.3 is 0 Å². The molecule has 0 saturated heterocycles. The molecule has 0 fully saturated rings. The van der Waals surface area contributed by atoms with E-state index in [0.29, 0.717) is 27.8 Å². The van der Waals surface area contributed by atoms with Crippen molar-refractivity contribution < 1.29 is 4.74 Å². The summed E-state index contributed by atoms with van der Waals surface area (Å²) in [4.78, 5) is 0. The largest absolute Gasteiger partial charge is 0.453 e. The van der Waals surface area contributed by atoms with Crippen LogP contribution < -0.4 is 10.5 Å². The third kappa shape index (κ3) is 2.24. The zero-order valence-corrected chi connectivity index (χ0v) is 10.5. The Morgan fingerprint density at radius 2 is 1.94 bits per heavy atom. The maximum atomic E-state index is 9.07. The zero-order chi connectivity index (χ0) is 13.1. The van der Waals surface area contributed by atoms with Crippen LogP contribution in [-0.2, 0) is 0 Å². The summed E-state index contributed by atoms with van der Waals surface area (Å²) in [5.74, 6) is 0.960. The highest BCUT2D eigenvalue weighted by Gasteiger charge is 2.11. The van der Waals surface area contributed by atoms with E-state index in [0.717, 1.165) is 5.56 Å². The van der Waals surface area contributed by atoms with Gasteiger partial charge < -0.3 is 10.5 Å². The summed E-state index contributed by atoms with van der Waals surface area (Å²) in [6.45, 7) is 1.89. The molecule has 0 unspecified atom stereocenters. The van der Waals surface area contributed by atoms with Crippen LogP contribution in [0.3, 0.4) is 0 Å². The normalized spacial score (nSPS) is 9.83.